The Labute approximate surface area is 163 Å². The van der Waals surface area contributed by atoms with E-state index in [1.807, 2.05) is 18.5 Å². The molecule has 0 aromatic carbocycles. The van der Waals surface area contributed by atoms with Gasteiger partial charge in [0.15, 0.2) is 5.82 Å². The smallest absolute Gasteiger partial charge is 0.266 e. The van der Waals surface area contributed by atoms with Crippen LogP contribution in [-0.4, -0.2) is 42.5 Å². The average Bonchev–Trinajstić information content (AvgIpc) is 3.37. The van der Waals surface area contributed by atoms with Gasteiger partial charge < -0.3 is 4.42 Å². The second-order valence-corrected chi connectivity index (χ2v) is 7.69. The number of rotatable bonds is 6. The average molecular weight is 382 g/mol. The van der Waals surface area contributed by atoms with Crippen molar-refractivity contribution in [3.63, 3.8) is 0 Å². The normalized spacial score (nSPS) is 16.1. The van der Waals surface area contributed by atoms with E-state index in [4.69, 9.17) is 4.42 Å². The van der Waals surface area contributed by atoms with Crippen LogP contribution in [-0.2, 0) is 13.1 Å². The van der Waals surface area contributed by atoms with Crippen molar-refractivity contribution in [1.82, 2.24) is 29.4 Å². The van der Waals surface area contributed by atoms with Crippen molar-refractivity contribution >= 4 is 0 Å². The van der Waals surface area contributed by atoms with Crippen molar-refractivity contribution in [2.45, 2.75) is 45.7 Å². The number of aromatic nitrogens is 5. The van der Waals surface area contributed by atoms with Gasteiger partial charge in [0.05, 0.1) is 12.7 Å². The minimum atomic E-state index is -0.0701. The Morgan fingerprint density at radius 3 is 2.75 bits per heavy atom. The van der Waals surface area contributed by atoms with Gasteiger partial charge in [-0.2, -0.15) is 5.10 Å². The predicted octanol–water partition coefficient (Wildman–Crippen LogP) is 2.45. The monoisotopic (exact) mass is 382 g/mol. The van der Waals surface area contributed by atoms with Crippen LogP contribution < -0.4 is 5.56 Å². The molecule has 0 radical (unpaired) electrons. The molecule has 1 aliphatic heterocycles. The molecule has 4 heterocycles. The topological polar surface area (TPSA) is 82.0 Å². The van der Waals surface area contributed by atoms with Gasteiger partial charge in [-0.05, 0) is 44.0 Å². The van der Waals surface area contributed by atoms with Crippen molar-refractivity contribution in [3.05, 3.63) is 58.8 Å². The van der Waals surface area contributed by atoms with Gasteiger partial charge in [0, 0.05) is 30.9 Å². The van der Waals surface area contributed by atoms with Crippen LogP contribution in [0, 0.1) is 5.92 Å². The zero-order valence-corrected chi connectivity index (χ0v) is 16.4. The number of piperidine rings is 1. The lowest BCUT2D eigenvalue weighted by Crippen LogP contribution is -2.36. The molecule has 4 rings (SSSR count). The van der Waals surface area contributed by atoms with Crippen LogP contribution in [0.2, 0.25) is 0 Å². The van der Waals surface area contributed by atoms with E-state index in [0.29, 0.717) is 24.2 Å². The molecule has 0 aliphatic carbocycles. The summed E-state index contributed by atoms with van der Waals surface area (Å²) in [5.74, 6) is 3.17. The Kier molecular flexibility index (Phi) is 5.38. The fourth-order valence-electron chi connectivity index (χ4n) is 3.52. The lowest BCUT2D eigenvalue weighted by Gasteiger charge is -2.31. The quantitative estimate of drug-likeness (QED) is 0.651. The summed E-state index contributed by atoms with van der Waals surface area (Å²) < 4.78 is 9.05. The van der Waals surface area contributed by atoms with E-state index in [0.717, 1.165) is 44.1 Å². The van der Waals surface area contributed by atoms with Crippen LogP contribution in [0.1, 0.15) is 44.3 Å². The molecule has 148 valence electrons. The van der Waals surface area contributed by atoms with E-state index in [-0.39, 0.29) is 5.56 Å². The Morgan fingerprint density at radius 2 is 2.07 bits per heavy atom. The third-order valence-corrected chi connectivity index (χ3v) is 5.23. The lowest BCUT2D eigenvalue weighted by molar-refractivity contribution is 0.151. The highest BCUT2D eigenvalue weighted by Crippen LogP contribution is 2.21. The van der Waals surface area contributed by atoms with Crippen LogP contribution >= 0.6 is 0 Å². The Balaban J connectivity index is 1.34. The molecule has 3 aromatic heterocycles. The molecule has 0 atom stereocenters. The number of oxazole rings is 1. The highest BCUT2D eigenvalue weighted by atomic mass is 16.4. The molecule has 28 heavy (non-hydrogen) atoms. The first kappa shape index (κ1) is 18.6. The second kappa shape index (κ2) is 8.10. The minimum Gasteiger partial charge on any atom is -0.444 e. The third kappa shape index (κ3) is 4.22. The fraction of sp³-hybridized carbons (Fsp3) is 0.500. The Bertz CT molecular complexity index is 951. The Morgan fingerprint density at radius 1 is 1.25 bits per heavy atom. The zero-order valence-electron chi connectivity index (χ0n) is 16.4. The molecular weight excluding hydrogens is 356 g/mol. The predicted molar refractivity (Wildman–Crippen MR) is 104 cm³/mol. The third-order valence-electron chi connectivity index (χ3n) is 5.23. The molecule has 0 spiro atoms. The van der Waals surface area contributed by atoms with Crippen molar-refractivity contribution in [2.75, 3.05) is 13.1 Å². The molecule has 0 amide bonds. The maximum atomic E-state index is 12.2. The Hall–Kier alpha value is -2.74. The second-order valence-electron chi connectivity index (χ2n) is 7.69. The summed E-state index contributed by atoms with van der Waals surface area (Å²) in [6, 6.07) is 5.11. The van der Waals surface area contributed by atoms with Gasteiger partial charge in [0.2, 0.25) is 5.89 Å². The number of hydrogen-bond donors (Lipinski definition) is 0. The standard InChI is InChI=1S/C20H26N6O2/c1-15(2)17-12-21-19(28-17)14-24-10-6-16(7-11-24)13-26-20(27)5-4-18(23-26)25-9-3-8-22-25/h3-5,8-9,12,15-16H,6-7,10-11,13-14H2,1-2H3. The summed E-state index contributed by atoms with van der Waals surface area (Å²) in [5.41, 5.74) is -0.0701. The SMILES string of the molecule is CC(C)c1cnc(CN2CCC(Cn3nc(-n4cccn4)ccc3=O)CC2)o1. The molecule has 0 N–H and O–H groups in total. The zero-order chi connectivity index (χ0) is 19.5. The first-order valence-electron chi connectivity index (χ1n) is 9.83. The molecule has 8 nitrogen and oxygen atoms in total. The summed E-state index contributed by atoms with van der Waals surface area (Å²) in [5, 5.41) is 8.66. The molecule has 1 aliphatic rings. The van der Waals surface area contributed by atoms with Crippen molar-refractivity contribution in [1.29, 1.82) is 0 Å². The molecule has 8 heteroatoms. The highest BCUT2D eigenvalue weighted by Gasteiger charge is 2.22. The van der Waals surface area contributed by atoms with Crippen LogP contribution in [0.15, 0.2) is 46.0 Å². The van der Waals surface area contributed by atoms with Gasteiger partial charge in [-0.25, -0.2) is 14.3 Å². The number of hydrogen-bond acceptors (Lipinski definition) is 6. The molecule has 0 unspecified atom stereocenters. The van der Waals surface area contributed by atoms with E-state index >= 15 is 0 Å². The van der Waals surface area contributed by atoms with Gasteiger partial charge in [-0.15, -0.1) is 5.10 Å². The van der Waals surface area contributed by atoms with Crippen molar-refractivity contribution < 1.29 is 4.42 Å². The summed E-state index contributed by atoms with van der Waals surface area (Å²) >= 11 is 0. The van der Waals surface area contributed by atoms with Crippen LogP contribution in [0.4, 0.5) is 0 Å². The van der Waals surface area contributed by atoms with Crippen LogP contribution in [0.3, 0.4) is 0 Å². The molecule has 3 aromatic rings. The van der Waals surface area contributed by atoms with E-state index in [1.165, 1.54) is 0 Å². The van der Waals surface area contributed by atoms with Crippen molar-refractivity contribution in [3.8, 4) is 5.82 Å². The fourth-order valence-corrected chi connectivity index (χ4v) is 3.52. The van der Waals surface area contributed by atoms with E-state index < -0.39 is 0 Å². The van der Waals surface area contributed by atoms with Gasteiger partial charge in [-0.1, -0.05) is 13.8 Å². The molecule has 0 saturated carbocycles. The molecular formula is C20H26N6O2. The highest BCUT2D eigenvalue weighted by molar-refractivity contribution is 5.17. The van der Waals surface area contributed by atoms with Gasteiger partial charge in [-0.3, -0.25) is 9.69 Å². The summed E-state index contributed by atoms with van der Waals surface area (Å²) in [6.45, 7) is 7.53. The van der Waals surface area contributed by atoms with Gasteiger partial charge in [0.1, 0.15) is 5.76 Å². The van der Waals surface area contributed by atoms with Gasteiger partial charge in [0.25, 0.3) is 5.56 Å². The minimum absolute atomic E-state index is 0.0701. The molecule has 0 bridgehead atoms. The van der Waals surface area contributed by atoms with Crippen molar-refractivity contribution in [2.24, 2.45) is 5.92 Å². The number of likely N-dealkylation sites (tertiary alicyclic amines) is 1. The summed E-state index contributed by atoms with van der Waals surface area (Å²) in [6.07, 6.45) is 7.40. The summed E-state index contributed by atoms with van der Waals surface area (Å²) in [7, 11) is 0. The van der Waals surface area contributed by atoms with Crippen LogP contribution in [0.5, 0.6) is 0 Å². The maximum absolute atomic E-state index is 12.2. The first-order valence-corrected chi connectivity index (χ1v) is 9.83. The van der Waals surface area contributed by atoms with Gasteiger partial charge >= 0.3 is 0 Å². The molecule has 1 fully saturated rings. The lowest BCUT2D eigenvalue weighted by atomic mass is 9.97. The van der Waals surface area contributed by atoms with E-state index in [9.17, 15) is 4.79 Å². The van der Waals surface area contributed by atoms with Crippen LogP contribution in [0.25, 0.3) is 5.82 Å². The van der Waals surface area contributed by atoms with E-state index in [1.54, 1.807) is 27.7 Å². The largest absolute Gasteiger partial charge is 0.444 e. The molecule has 1 saturated heterocycles. The van der Waals surface area contributed by atoms with E-state index in [2.05, 4.69) is 33.9 Å². The first-order chi connectivity index (χ1) is 13.6. The number of nitrogens with zero attached hydrogens (tertiary/aromatic N) is 6. The summed E-state index contributed by atoms with van der Waals surface area (Å²) in [4.78, 5) is 19.0. The maximum Gasteiger partial charge on any atom is 0.266 e.